The fourth-order valence-corrected chi connectivity index (χ4v) is 4.38. The molecule has 0 radical (unpaired) electrons. The van der Waals surface area contributed by atoms with Gasteiger partial charge in [0.2, 0.25) is 5.91 Å². The minimum Gasteiger partial charge on any atom is -0.495 e. The number of rotatable bonds is 7. The molecule has 0 spiro atoms. The number of carbonyl (C=O) groups is 2. The number of thioether (sulfide) groups is 1. The molecule has 32 heavy (non-hydrogen) atoms. The Morgan fingerprint density at radius 1 is 0.938 bits per heavy atom. The Labute approximate surface area is 205 Å². The molecule has 9 heteroatoms. The van der Waals surface area contributed by atoms with E-state index in [1.807, 2.05) is 6.07 Å². The molecule has 1 atom stereocenters. The van der Waals surface area contributed by atoms with E-state index in [1.54, 1.807) is 55.5 Å². The fourth-order valence-electron chi connectivity index (χ4n) is 2.79. The SMILES string of the molecule is COc1ccc(Cl)cc1NC(=O)C(C)Sc1cccc(NC(=O)c2ccc(Cl)cc2Cl)c1. The standard InChI is InChI=1S/C23H19Cl3N2O3S/c1-13(22(29)28-20-11-15(25)7-9-21(20)31-2)32-17-5-3-4-16(12-17)27-23(30)18-8-6-14(24)10-19(18)26/h3-13H,1-2H3,(H,27,30)(H,28,29). The van der Waals surface area contributed by atoms with Gasteiger partial charge in [0, 0.05) is 20.6 Å². The Bertz CT molecular complexity index is 1160. The van der Waals surface area contributed by atoms with Crippen molar-refractivity contribution < 1.29 is 14.3 Å². The van der Waals surface area contributed by atoms with Gasteiger partial charge < -0.3 is 15.4 Å². The smallest absolute Gasteiger partial charge is 0.257 e. The minimum atomic E-state index is -0.421. The summed E-state index contributed by atoms with van der Waals surface area (Å²) in [6, 6.07) is 16.9. The topological polar surface area (TPSA) is 67.4 Å². The van der Waals surface area contributed by atoms with Crippen molar-refractivity contribution in [3.63, 3.8) is 0 Å². The van der Waals surface area contributed by atoms with Gasteiger partial charge in [-0.15, -0.1) is 11.8 Å². The fraction of sp³-hybridized carbons (Fsp3) is 0.130. The van der Waals surface area contributed by atoms with Gasteiger partial charge in [-0.2, -0.15) is 0 Å². The second-order valence-corrected chi connectivity index (χ2v) is 9.39. The summed E-state index contributed by atoms with van der Waals surface area (Å²) < 4.78 is 5.27. The van der Waals surface area contributed by atoms with Gasteiger partial charge in [0.1, 0.15) is 5.75 Å². The van der Waals surface area contributed by atoms with Crippen LogP contribution in [-0.2, 0) is 4.79 Å². The molecule has 0 aliphatic heterocycles. The molecule has 0 heterocycles. The first-order chi connectivity index (χ1) is 15.3. The van der Waals surface area contributed by atoms with Gasteiger partial charge in [-0.3, -0.25) is 9.59 Å². The summed E-state index contributed by atoms with van der Waals surface area (Å²) >= 11 is 19.4. The Hall–Kier alpha value is -2.38. The van der Waals surface area contributed by atoms with Crippen molar-refractivity contribution in [1.82, 2.24) is 0 Å². The maximum absolute atomic E-state index is 12.7. The molecule has 166 valence electrons. The first-order valence-electron chi connectivity index (χ1n) is 9.44. The monoisotopic (exact) mass is 508 g/mol. The summed E-state index contributed by atoms with van der Waals surface area (Å²) in [6.07, 6.45) is 0. The number of hydrogen-bond donors (Lipinski definition) is 2. The van der Waals surface area contributed by atoms with E-state index < -0.39 is 5.25 Å². The molecule has 0 saturated carbocycles. The van der Waals surface area contributed by atoms with E-state index in [0.29, 0.717) is 32.7 Å². The molecule has 2 amide bonds. The van der Waals surface area contributed by atoms with Crippen LogP contribution in [0.2, 0.25) is 15.1 Å². The second kappa shape index (κ2) is 11.0. The number of amides is 2. The molecular weight excluding hydrogens is 491 g/mol. The van der Waals surface area contributed by atoms with Crippen molar-refractivity contribution in [3.8, 4) is 5.75 Å². The molecular formula is C23H19Cl3N2O3S. The summed E-state index contributed by atoms with van der Waals surface area (Å²) in [5.74, 6) is -0.0452. The lowest BCUT2D eigenvalue weighted by atomic mass is 10.2. The summed E-state index contributed by atoms with van der Waals surface area (Å²) in [6.45, 7) is 1.79. The average Bonchev–Trinajstić information content (AvgIpc) is 2.74. The van der Waals surface area contributed by atoms with Gasteiger partial charge in [-0.25, -0.2) is 0 Å². The highest BCUT2D eigenvalue weighted by Gasteiger charge is 2.17. The van der Waals surface area contributed by atoms with Crippen LogP contribution in [0.15, 0.2) is 65.6 Å². The van der Waals surface area contributed by atoms with Crippen molar-refractivity contribution in [3.05, 3.63) is 81.3 Å². The van der Waals surface area contributed by atoms with Crippen LogP contribution in [0.3, 0.4) is 0 Å². The maximum Gasteiger partial charge on any atom is 0.257 e. The number of carbonyl (C=O) groups excluding carboxylic acids is 2. The number of benzene rings is 3. The first kappa shape index (κ1) is 24.3. The third kappa shape index (κ3) is 6.33. The zero-order chi connectivity index (χ0) is 23.3. The van der Waals surface area contributed by atoms with E-state index in [4.69, 9.17) is 39.5 Å². The first-order valence-corrected chi connectivity index (χ1v) is 11.5. The zero-order valence-corrected chi connectivity index (χ0v) is 20.2. The quantitative estimate of drug-likeness (QED) is 0.336. The minimum absolute atomic E-state index is 0.210. The number of halogens is 3. The normalized spacial score (nSPS) is 11.5. The van der Waals surface area contributed by atoms with Crippen molar-refractivity contribution >= 4 is 69.8 Å². The van der Waals surface area contributed by atoms with Gasteiger partial charge >= 0.3 is 0 Å². The van der Waals surface area contributed by atoms with Crippen LogP contribution in [0.25, 0.3) is 0 Å². The molecule has 0 bridgehead atoms. The van der Waals surface area contributed by atoms with Crippen molar-refractivity contribution in [1.29, 1.82) is 0 Å². The third-order valence-electron chi connectivity index (χ3n) is 4.37. The predicted molar refractivity (Wildman–Crippen MR) is 133 cm³/mol. The van der Waals surface area contributed by atoms with Crippen LogP contribution in [0.5, 0.6) is 5.75 Å². The number of ether oxygens (including phenoxy) is 1. The predicted octanol–water partition coefficient (Wildman–Crippen LogP) is 7.03. The molecule has 3 aromatic carbocycles. The van der Waals surface area contributed by atoms with Crippen molar-refractivity contribution in [2.75, 3.05) is 17.7 Å². The summed E-state index contributed by atoms with van der Waals surface area (Å²) in [4.78, 5) is 26.0. The lowest BCUT2D eigenvalue weighted by molar-refractivity contribution is -0.115. The highest BCUT2D eigenvalue weighted by molar-refractivity contribution is 8.00. The van der Waals surface area contributed by atoms with Gasteiger partial charge in [0.25, 0.3) is 5.91 Å². The van der Waals surface area contributed by atoms with Crippen LogP contribution in [0.4, 0.5) is 11.4 Å². The van der Waals surface area contributed by atoms with E-state index in [0.717, 1.165) is 4.90 Å². The molecule has 2 N–H and O–H groups in total. The maximum atomic E-state index is 12.7. The van der Waals surface area contributed by atoms with E-state index >= 15 is 0 Å². The summed E-state index contributed by atoms with van der Waals surface area (Å²) in [5.41, 5.74) is 1.39. The third-order valence-corrected chi connectivity index (χ3v) is 6.25. The molecule has 3 aromatic rings. The summed E-state index contributed by atoms with van der Waals surface area (Å²) in [5, 5.41) is 6.44. The lowest BCUT2D eigenvalue weighted by Crippen LogP contribution is -2.22. The Balaban J connectivity index is 1.67. The van der Waals surface area contributed by atoms with Crippen molar-refractivity contribution in [2.24, 2.45) is 0 Å². The van der Waals surface area contributed by atoms with Gasteiger partial charge in [-0.1, -0.05) is 40.9 Å². The molecule has 5 nitrogen and oxygen atoms in total. The van der Waals surface area contributed by atoms with Crippen LogP contribution in [0, 0.1) is 0 Å². The largest absolute Gasteiger partial charge is 0.495 e. The average molecular weight is 510 g/mol. The number of hydrogen-bond acceptors (Lipinski definition) is 4. The molecule has 0 aromatic heterocycles. The highest BCUT2D eigenvalue weighted by Crippen LogP contribution is 2.31. The Kier molecular flexibility index (Phi) is 8.32. The lowest BCUT2D eigenvalue weighted by Gasteiger charge is -2.15. The van der Waals surface area contributed by atoms with Crippen molar-refractivity contribution in [2.45, 2.75) is 17.1 Å². The van der Waals surface area contributed by atoms with Gasteiger partial charge in [0.15, 0.2) is 0 Å². The van der Waals surface area contributed by atoms with Crippen LogP contribution >= 0.6 is 46.6 Å². The Morgan fingerprint density at radius 3 is 2.38 bits per heavy atom. The highest BCUT2D eigenvalue weighted by atomic mass is 35.5. The van der Waals surface area contributed by atoms with Gasteiger partial charge in [-0.05, 0) is 61.5 Å². The second-order valence-electron chi connectivity index (χ2n) is 6.70. The van der Waals surface area contributed by atoms with Crippen LogP contribution in [-0.4, -0.2) is 24.2 Å². The van der Waals surface area contributed by atoms with E-state index in [-0.39, 0.29) is 16.8 Å². The molecule has 0 aliphatic rings. The molecule has 0 saturated heterocycles. The molecule has 0 aliphatic carbocycles. The van der Waals surface area contributed by atoms with E-state index in [1.165, 1.54) is 24.9 Å². The number of nitrogens with one attached hydrogen (secondary N) is 2. The van der Waals surface area contributed by atoms with E-state index in [9.17, 15) is 9.59 Å². The van der Waals surface area contributed by atoms with E-state index in [2.05, 4.69) is 10.6 Å². The van der Waals surface area contributed by atoms with Gasteiger partial charge in [0.05, 0.1) is 28.6 Å². The molecule has 0 fully saturated rings. The zero-order valence-electron chi connectivity index (χ0n) is 17.1. The number of methoxy groups -OCH3 is 1. The number of anilines is 2. The molecule has 1 unspecified atom stereocenters. The summed E-state index contributed by atoms with van der Waals surface area (Å²) in [7, 11) is 1.52. The van der Waals surface area contributed by atoms with Crippen LogP contribution in [0.1, 0.15) is 17.3 Å². The Morgan fingerprint density at radius 2 is 1.66 bits per heavy atom. The molecule has 3 rings (SSSR count). The van der Waals surface area contributed by atoms with Crippen LogP contribution < -0.4 is 15.4 Å².